The van der Waals surface area contributed by atoms with E-state index in [0.717, 1.165) is 22.5 Å². The lowest BCUT2D eigenvalue weighted by atomic mass is 10.0. The van der Waals surface area contributed by atoms with Gasteiger partial charge in [-0.25, -0.2) is 9.99 Å². The molecule has 2 aromatic carbocycles. The number of fused-ring (bicyclic) bond motifs is 1. The number of carbonyl (C=O) groups is 1. The molecule has 156 valence electrons. The molecule has 0 saturated carbocycles. The molecule has 0 aliphatic carbocycles. The van der Waals surface area contributed by atoms with Gasteiger partial charge in [0, 0.05) is 6.42 Å². The summed E-state index contributed by atoms with van der Waals surface area (Å²) in [5.74, 6) is 1.49. The average Bonchev–Trinajstić information content (AvgIpc) is 3.56. The summed E-state index contributed by atoms with van der Waals surface area (Å²) in [5.41, 5.74) is 3.24. The van der Waals surface area contributed by atoms with Crippen molar-refractivity contribution in [2.45, 2.75) is 17.7 Å². The van der Waals surface area contributed by atoms with Crippen LogP contribution in [0.15, 0.2) is 86.1 Å². The molecule has 1 aliphatic heterocycles. The largest absolute Gasteiger partial charge is 0.497 e. The van der Waals surface area contributed by atoms with Crippen LogP contribution in [0.3, 0.4) is 0 Å². The topological polar surface area (TPSA) is 81.1 Å². The van der Waals surface area contributed by atoms with Gasteiger partial charge in [0.2, 0.25) is 0 Å². The minimum Gasteiger partial charge on any atom is -0.497 e. The van der Waals surface area contributed by atoms with Crippen molar-refractivity contribution in [3.8, 4) is 5.75 Å². The maximum atomic E-state index is 13.1. The first kappa shape index (κ1) is 19.4. The Morgan fingerprint density at radius 1 is 1.16 bits per heavy atom. The van der Waals surface area contributed by atoms with E-state index in [1.165, 1.54) is 16.8 Å². The SMILES string of the molecule is COc1ccc(C2=NN(C(=O)CSc3nc4ccccc4o3)C(c3ccco3)C2)cc1. The van der Waals surface area contributed by atoms with Gasteiger partial charge in [0.1, 0.15) is 23.1 Å². The number of aromatic nitrogens is 1. The molecule has 1 aliphatic rings. The van der Waals surface area contributed by atoms with E-state index in [1.54, 1.807) is 13.4 Å². The lowest BCUT2D eigenvalue weighted by Crippen LogP contribution is -2.28. The van der Waals surface area contributed by atoms with Gasteiger partial charge < -0.3 is 13.6 Å². The highest BCUT2D eigenvalue weighted by molar-refractivity contribution is 7.99. The van der Waals surface area contributed by atoms with Crippen molar-refractivity contribution in [2.75, 3.05) is 12.9 Å². The van der Waals surface area contributed by atoms with E-state index in [4.69, 9.17) is 13.6 Å². The normalized spacial score (nSPS) is 16.0. The number of carbonyl (C=O) groups excluding carboxylic acids is 1. The van der Waals surface area contributed by atoms with Gasteiger partial charge in [-0.1, -0.05) is 23.9 Å². The number of para-hydroxylation sites is 2. The summed E-state index contributed by atoms with van der Waals surface area (Å²) in [6, 6.07) is 18.6. The van der Waals surface area contributed by atoms with Crippen LogP contribution in [-0.2, 0) is 4.79 Å². The van der Waals surface area contributed by atoms with Gasteiger partial charge in [0.25, 0.3) is 11.1 Å². The third kappa shape index (κ3) is 3.94. The average molecular weight is 433 g/mol. The molecule has 7 nitrogen and oxygen atoms in total. The van der Waals surface area contributed by atoms with Crippen molar-refractivity contribution >= 4 is 34.5 Å². The van der Waals surface area contributed by atoms with Crippen LogP contribution < -0.4 is 4.74 Å². The Labute approximate surface area is 182 Å². The maximum absolute atomic E-state index is 13.1. The molecule has 0 saturated heterocycles. The van der Waals surface area contributed by atoms with E-state index in [9.17, 15) is 4.79 Å². The molecule has 8 heteroatoms. The number of nitrogens with zero attached hydrogens (tertiary/aromatic N) is 3. The Morgan fingerprint density at radius 2 is 2.00 bits per heavy atom. The van der Waals surface area contributed by atoms with Crippen LogP contribution in [0.4, 0.5) is 0 Å². The predicted molar refractivity (Wildman–Crippen MR) is 117 cm³/mol. The molecule has 1 unspecified atom stereocenters. The van der Waals surface area contributed by atoms with Crippen LogP contribution in [-0.4, -0.2) is 34.5 Å². The molecule has 31 heavy (non-hydrogen) atoms. The Hall–Kier alpha value is -3.52. The second-order valence-corrected chi connectivity index (χ2v) is 7.91. The molecule has 0 spiro atoms. The Kier molecular flexibility index (Phi) is 5.21. The van der Waals surface area contributed by atoms with Crippen molar-refractivity contribution in [1.82, 2.24) is 9.99 Å². The fourth-order valence-corrected chi connectivity index (χ4v) is 4.19. The number of ether oxygens (including phenoxy) is 1. The molecule has 0 bridgehead atoms. The second kappa shape index (κ2) is 8.31. The Morgan fingerprint density at radius 3 is 2.74 bits per heavy atom. The van der Waals surface area contributed by atoms with Gasteiger partial charge in [0.15, 0.2) is 5.58 Å². The number of hydrogen-bond acceptors (Lipinski definition) is 7. The standard InChI is InChI=1S/C23H19N3O4S/c1-28-16-10-8-15(9-11-16)18-13-19(21-7-4-12-29-21)26(25-18)22(27)14-31-23-24-17-5-2-3-6-20(17)30-23/h2-12,19H,13-14H2,1H3. The molecule has 1 amide bonds. The molecule has 1 atom stereocenters. The zero-order valence-electron chi connectivity index (χ0n) is 16.7. The lowest BCUT2D eigenvalue weighted by molar-refractivity contribution is -0.130. The van der Waals surface area contributed by atoms with E-state index >= 15 is 0 Å². The zero-order chi connectivity index (χ0) is 21.2. The third-order valence-corrected chi connectivity index (χ3v) is 5.87. The van der Waals surface area contributed by atoms with Gasteiger partial charge >= 0.3 is 0 Å². The number of thioether (sulfide) groups is 1. The summed E-state index contributed by atoms with van der Waals surface area (Å²) in [5, 5.41) is 6.61. The summed E-state index contributed by atoms with van der Waals surface area (Å²) in [6.07, 6.45) is 2.18. The van der Waals surface area contributed by atoms with E-state index < -0.39 is 0 Å². The van der Waals surface area contributed by atoms with Crippen molar-refractivity contribution in [1.29, 1.82) is 0 Å². The Bertz CT molecular complexity index is 1200. The van der Waals surface area contributed by atoms with Gasteiger partial charge in [-0.15, -0.1) is 0 Å². The number of hydrogen-bond donors (Lipinski definition) is 0. The van der Waals surface area contributed by atoms with Gasteiger partial charge in [-0.2, -0.15) is 5.10 Å². The molecule has 0 fully saturated rings. The first-order chi connectivity index (χ1) is 15.2. The third-order valence-electron chi connectivity index (χ3n) is 5.05. The number of amides is 1. The predicted octanol–water partition coefficient (Wildman–Crippen LogP) is 4.90. The summed E-state index contributed by atoms with van der Waals surface area (Å²) in [7, 11) is 1.63. The number of benzene rings is 2. The molecular weight excluding hydrogens is 414 g/mol. The van der Waals surface area contributed by atoms with Crippen LogP contribution in [0.5, 0.6) is 5.75 Å². The highest BCUT2D eigenvalue weighted by atomic mass is 32.2. The zero-order valence-corrected chi connectivity index (χ0v) is 17.5. The van der Waals surface area contributed by atoms with Gasteiger partial charge in [-0.3, -0.25) is 4.79 Å². The number of hydrazone groups is 1. The molecule has 5 rings (SSSR count). The number of methoxy groups -OCH3 is 1. The highest BCUT2D eigenvalue weighted by Crippen LogP contribution is 2.34. The Balaban J connectivity index is 1.36. The molecule has 3 heterocycles. The first-order valence-electron chi connectivity index (χ1n) is 9.77. The monoisotopic (exact) mass is 433 g/mol. The lowest BCUT2D eigenvalue weighted by Gasteiger charge is -2.19. The fourth-order valence-electron chi connectivity index (χ4n) is 3.50. The number of rotatable bonds is 6. The summed E-state index contributed by atoms with van der Waals surface area (Å²) >= 11 is 1.26. The van der Waals surface area contributed by atoms with Crippen LogP contribution >= 0.6 is 11.8 Å². The summed E-state index contributed by atoms with van der Waals surface area (Å²) in [6.45, 7) is 0. The van der Waals surface area contributed by atoms with Crippen molar-refractivity contribution < 1.29 is 18.4 Å². The smallest absolute Gasteiger partial charge is 0.257 e. The number of furan rings is 1. The first-order valence-corrected chi connectivity index (χ1v) is 10.8. The van der Waals surface area contributed by atoms with Crippen LogP contribution in [0.1, 0.15) is 23.8 Å². The molecule has 2 aromatic heterocycles. The minimum absolute atomic E-state index is 0.142. The molecular formula is C23H19N3O4S. The quantitative estimate of drug-likeness (QED) is 0.402. The summed E-state index contributed by atoms with van der Waals surface area (Å²) < 4.78 is 16.5. The fraction of sp³-hybridized carbons (Fsp3) is 0.174. The maximum Gasteiger partial charge on any atom is 0.257 e. The molecule has 4 aromatic rings. The van der Waals surface area contributed by atoms with Crippen molar-refractivity contribution in [2.24, 2.45) is 5.10 Å². The van der Waals surface area contributed by atoms with Crippen LogP contribution in [0.2, 0.25) is 0 Å². The van der Waals surface area contributed by atoms with Crippen molar-refractivity contribution in [3.05, 3.63) is 78.3 Å². The van der Waals surface area contributed by atoms with E-state index in [0.29, 0.717) is 23.0 Å². The van der Waals surface area contributed by atoms with E-state index in [1.807, 2.05) is 60.7 Å². The molecule has 0 radical (unpaired) electrons. The van der Waals surface area contributed by atoms with Gasteiger partial charge in [-0.05, 0) is 54.1 Å². The van der Waals surface area contributed by atoms with Gasteiger partial charge in [0.05, 0.1) is 24.8 Å². The summed E-state index contributed by atoms with van der Waals surface area (Å²) in [4.78, 5) is 17.5. The van der Waals surface area contributed by atoms with Crippen LogP contribution in [0.25, 0.3) is 11.1 Å². The highest BCUT2D eigenvalue weighted by Gasteiger charge is 2.35. The second-order valence-electron chi connectivity index (χ2n) is 6.99. The number of oxazole rings is 1. The van der Waals surface area contributed by atoms with E-state index in [-0.39, 0.29) is 17.7 Å². The van der Waals surface area contributed by atoms with Crippen molar-refractivity contribution in [3.63, 3.8) is 0 Å². The van der Waals surface area contributed by atoms with E-state index in [2.05, 4.69) is 10.1 Å². The molecule has 0 N–H and O–H groups in total. The minimum atomic E-state index is -0.288. The van der Waals surface area contributed by atoms with Crippen LogP contribution in [0, 0.1) is 0 Å².